The Labute approximate surface area is 141 Å². The summed E-state index contributed by atoms with van der Waals surface area (Å²) >= 11 is 0. The Morgan fingerprint density at radius 2 is 1.67 bits per heavy atom. The molecule has 2 rings (SSSR count). The summed E-state index contributed by atoms with van der Waals surface area (Å²) in [5.41, 5.74) is 1.73. The van der Waals surface area contributed by atoms with Crippen molar-refractivity contribution >= 4 is 11.9 Å². The summed E-state index contributed by atoms with van der Waals surface area (Å²) in [6.07, 6.45) is 0.723. The van der Waals surface area contributed by atoms with E-state index in [4.69, 9.17) is 9.84 Å². The molecule has 0 radical (unpaired) electrons. The second-order valence-corrected chi connectivity index (χ2v) is 5.42. The van der Waals surface area contributed by atoms with E-state index >= 15 is 0 Å². The zero-order valence-corrected chi connectivity index (χ0v) is 13.6. The summed E-state index contributed by atoms with van der Waals surface area (Å²) < 4.78 is 5.74. The highest BCUT2D eigenvalue weighted by Gasteiger charge is 2.08. The number of nitrogens with one attached hydrogen (secondary N) is 1. The number of rotatable bonds is 8. The minimum atomic E-state index is -1.01. The molecule has 5 nitrogen and oxygen atoms in total. The monoisotopic (exact) mass is 327 g/mol. The van der Waals surface area contributed by atoms with Gasteiger partial charge in [0.2, 0.25) is 0 Å². The van der Waals surface area contributed by atoms with Crippen LogP contribution in [0.25, 0.3) is 0 Å². The van der Waals surface area contributed by atoms with Gasteiger partial charge in [-0.2, -0.15) is 0 Å². The average molecular weight is 327 g/mol. The first-order valence-electron chi connectivity index (χ1n) is 7.86. The van der Waals surface area contributed by atoms with Crippen LogP contribution < -0.4 is 5.32 Å². The van der Waals surface area contributed by atoms with Gasteiger partial charge in [0.25, 0.3) is 5.91 Å². The van der Waals surface area contributed by atoms with Crippen LogP contribution in [0.3, 0.4) is 0 Å². The average Bonchev–Trinajstić information content (AvgIpc) is 2.62. The van der Waals surface area contributed by atoms with Crippen molar-refractivity contribution in [3.8, 4) is 0 Å². The third kappa shape index (κ3) is 5.21. The molecule has 0 aliphatic heterocycles. The molecular formula is C19H21NO4. The highest BCUT2D eigenvalue weighted by Crippen LogP contribution is 2.15. The maximum atomic E-state index is 11.9. The molecule has 2 N–H and O–H groups in total. The summed E-state index contributed by atoms with van der Waals surface area (Å²) in [7, 11) is 0. The number of hydrogen-bond donors (Lipinski definition) is 2. The normalized spacial score (nSPS) is 11.7. The number of benzene rings is 2. The number of aromatic carboxylic acids is 1. The number of amides is 1. The number of carbonyl (C=O) groups excluding carboxylic acids is 1. The van der Waals surface area contributed by atoms with Gasteiger partial charge in [-0.1, -0.05) is 30.3 Å². The summed E-state index contributed by atoms with van der Waals surface area (Å²) in [6, 6.07) is 15.8. The van der Waals surface area contributed by atoms with E-state index in [0.717, 1.165) is 5.56 Å². The predicted octanol–water partition coefficient (Wildman–Crippen LogP) is 3.28. The van der Waals surface area contributed by atoms with Crippen LogP contribution in [-0.2, 0) is 4.74 Å². The Balaban J connectivity index is 1.68. The summed E-state index contributed by atoms with van der Waals surface area (Å²) in [5.74, 6) is -1.23. The highest BCUT2D eigenvalue weighted by atomic mass is 16.5. The molecule has 5 heteroatoms. The van der Waals surface area contributed by atoms with Gasteiger partial charge in [-0.15, -0.1) is 0 Å². The van der Waals surface area contributed by atoms with Crippen LogP contribution >= 0.6 is 0 Å². The van der Waals surface area contributed by atoms with Gasteiger partial charge in [0, 0.05) is 18.7 Å². The molecule has 0 heterocycles. The van der Waals surface area contributed by atoms with Crippen LogP contribution in [0.4, 0.5) is 0 Å². The summed E-state index contributed by atoms with van der Waals surface area (Å²) in [4.78, 5) is 22.7. The van der Waals surface area contributed by atoms with Gasteiger partial charge in [-0.25, -0.2) is 4.79 Å². The molecule has 1 unspecified atom stereocenters. The highest BCUT2D eigenvalue weighted by molar-refractivity contribution is 5.95. The number of ether oxygens (including phenoxy) is 1. The van der Waals surface area contributed by atoms with Crippen molar-refractivity contribution in [1.29, 1.82) is 0 Å². The topological polar surface area (TPSA) is 75.6 Å². The fraction of sp³-hybridized carbons (Fsp3) is 0.263. The van der Waals surface area contributed by atoms with Crippen molar-refractivity contribution in [2.24, 2.45) is 0 Å². The molecule has 2 aromatic carbocycles. The van der Waals surface area contributed by atoms with E-state index in [0.29, 0.717) is 25.1 Å². The smallest absolute Gasteiger partial charge is 0.335 e. The van der Waals surface area contributed by atoms with Crippen molar-refractivity contribution in [1.82, 2.24) is 5.32 Å². The molecule has 24 heavy (non-hydrogen) atoms. The molecule has 0 aromatic heterocycles. The predicted molar refractivity (Wildman–Crippen MR) is 91.2 cm³/mol. The Morgan fingerprint density at radius 1 is 1.04 bits per heavy atom. The fourth-order valence-corrected chi connectivity index (χ4v) is 2.22. The van der Waals surface area contributed by atoms with Crippen molar-refractivity contribution in [3.05, 3.63) is 71.3 Å². The summed E-state index contributed by atoms with van der Waals surface area (Å²) in [6.45, 7) is 3.05. The molecule has 1 atom stereocenters. The Bertz CT molecular complexity index is 668. The van der Waals surface area contributed by atoms with Gasteiger partial charge in [-0.3, -0.25) is 4.79 Å². The van der Waals surface area contributed by atoms with Crippen LogP contribution in [0.15, 0.2) is 54.6 Å². The summed E-state index contributed by atoms with van der Waals surface area (Å²) in [5, 5.41) is 11.6. The number of carboxylic acids is 1. The minimum absolute atomic E-state index is 0.0189. The van der Waals surface area contributed by atoms with Gasteiger partial charge in [0.05, 0.1) is 11.7 Å². The molecule has 1 amide bonds. The first-order chi connectivity index (χ1) is 11.6. The van der Waals surface area contributed by atoms with E-state index in [2.05, 4.69) is 5.32 Å². The maximum Gasteiger partial charge on any atom is 0.335 e. The number of carbonyl (C=O) groups is 2. The maximum absolute atomic E-state index is 11.9. The minimum Gasteiger partial charge on any atom is -0.478 e. The van der Waals surface area contributed by atoms with Gasteiger partial charge in [0.1, 0.15) is 0 Å². The zero-order valence-electron chi connectivity index (χ0n) is 13.6. The molecule has 0 aliphatic carbocycles. The molecule has 0 aliphatic rings. The first-order valence-corrected chi connectivity index (χ1v) is 7.86. The standard InChI is InChI=1S/C19H21NO4/c1-14(15-6-3-2-4-7-15)24-13-5-12-20-18(21)16-8-10-17(11-9-16)19(22)23/h2-4,6-11,14H,5,12-13H2,1H3,(H,20,21)(H,22,23). The van der Waals surface area contributed by atoms with Crippen molar-refractivity contribution in [3.63, 3.8) is 0 Å². The lowest BCUT2D eigenvalue weighted by molar-refractivity contribution is 0.0634. The third-order valence-electron chi connectivity index (χ3n) is 3.64. The molecule has 0 bridgehead atoms. The Morgan fingerprint density at radius 3 is 2.29 bits per heavy atom. The van der Waals surface area contributed by atoms with E-state index in [9.17, 15) is 9.59 Å². The Kier molecular flexibility index (Phi) is 6.51. The molecule has 126 valence electrons. The van der Waals surface area contributed by atoms with Crippen LogP contribution in [0.5, 0.6) is 0 Å². The van der Waals surface area contributed by atoms with Gasteiger partial charge in [-0.05, 0) is 43.2 Å². The first kappa shape index (κ1) is 17.7. The second kappa shape index (κ2) is 8.84. The lowest BCUT2D eigenvalue weighted by atomic mass is 10.1. The van der Waals surface area contributed by atoms with Crippen LogP contribution in [0.1, 0.15) is 45.7 Å². The van der Waals surface area contributed by atoms with E-state index in [1.807, 2.05) is 37.3 Å². The van der Waals surface area contributed by atoms with Gasteiger partial charge in [0.15, 0.2) is 0 Å². The molecule has 0 saturated heterocycles. The lowest BCUT2D eigenvalue weighted by Gasteiger charge is -2.13. The SMILES string of the molecule is CC(OCCCNC(=O)c1ccc(C(=O)O)cc1)c1ccccc1. The second-order valence-electron chi connectivity index (χ2n) is 5.42. The van der Waals surface area contributed by atoms with Crippen molar-refractivity contribution < 1.29 is 19.4 Å². The van der Waals surface area contributed by atoms with Crippen LogP contribution in [0.2, 0.25) is 0 Å². The molecule has 0 spiro atoms. The molecule has 0 saturated carbocycles. The van der Waals surface area contributed by atoms with Crippen molar-refractivity contribution in [2.45, 2.75) is 19.4 Å². The van der Waals surface area contributed by atoms with Gasteiger partial charge >= 0.3 is 5.97 Å². The van der Waals surface area contributed by atoms with Crippen molar-refractivity contribution in [2.75, 3.05) is 13.2 Å². The number of carboxylic acid groups (broad SMARTS) is 1. The van der Waals surface area contributed by atoms with E-state index in [-0.39, 0.29) is 17.6 Å². The van der Waals surface area contributed by atoms with E-state index in [1.165, 1.54) is 24.3 Å². The molecular weight excluding hydrogens is 306 g/mol. The van der Waals surface area contributed by atoms with E-state index in [1.54, 1.807) is 0 Å². The van der Waals surface area contributed by atoms with Gasteiger partial charge < -0.3 is 15.2 Å². The lowest BCUT2D eigenvalue weighted by Crippen LogP contribution is -2.25. The molecule has 2 aromatic rings. The van der Waals surface area contributed by atoms with Crippen LogP contribution in [-0.4, -0.2) is 30.1 Å². The molecule has 0 fully saturated rings. The third-order valence-corrected chi connectivity index (χ3v) is 3.64. The fourth-order valence-electron chi connectivity index (χ4n) is 2.22. The van der Waals surface area contributed by atoms with Crippen LogP contribution in [0, 0.1) is 0 Å². The Hall–Kier alpha value is -2.66. The zero-order chi connectivity index (χ0) is 17.4. The number of hydrogen-bond acceptors (Lipinski definition) is 3. The quantitative estimate of drug-likeness (QED) is 0.730. The largest absolute Gasteiger partial charge is 0.478 e. The van der Waals surface area contributed by atoms with E-state index < -0.39 is 5.97 Å².